The fraction of sp³-hybridized carbons (Fsp3) is 0.224. The molecule has 0 fully saturated rings. The number of nitrogens with one attached hydrogen (secondary N) is 1. The van der Waals surface area contributed by atoms with Gasteiger partial charge in [0.25, 0.3) is 29.2 Å². The summed E-state index contributed by atoms with van der Waals surface area (Å²) in [6, 6.07) is 49.9. The van der Waals surface area contributed by atoms with Gasteiger partial charge in [-0.15, -0.1) is 0 Å². The lowest BCUT2D eigenvalue weighted by Gasteiger charge is -2.07. The van der Waals surface area contributed by atoms with E-state index in [4.69, 9.17) is 10.1 Å². The van der Waals surface area contributed by atoms with Crippen LogP contribution in [0.2, 0.25) is 0 Å². The molecule has 30 heteroatoms. The molecule has 30 nitrogen and oxygen atoms in total. The second kappa shape index (κ2) is 39.2. The molecule has 106 heavy (non-hydrogen) atoms. The first-order valence-corrected chi connectivity index (χ1v) is 33.1. The zero-order valence-electron chi connectivity index (χ0n) is 58.3. The molecule has 1 aliphatic carbocycles. The van der Waals surface area contributed by atoms with Gasteiger partial charge in [0.15, 0.2) is 0 Å². The highest BCUT2D eigenvalue weighted by Crippen LogP contribution is 2.36. The number of hydrogen-bond donors (Lipinski definition) is 2. The number of aromatic nitrogens is 5. The van der Waals surface area contributed by atoms with Crippen molar-refractivity contribution < 1.29 is 118 Å². The molecule has 0 bridgehead atoms. The molecule has 0 radical (unpaired) electrons. The summed E-state index contributed by atoms with van der Waals surface area (Å²) < 4.78 is 23.1. The highest BCUT2D eigenvalue weighted by molar-refractivity contribution is 6.52. The Kier molecular flexibility index (Phi) is 29.0. The molecule has 5 aromatic heterocycles. The molecule has 0 saturated carbocycles. The first-order chi connectivity index (χ1) is 51.6. The molecular weight excluding hydrogens is 1380 g/mol. The van der Waals surface area contributed by atoms with E-state index in [1.807, 2.05) is 188 Å². The predicted molar refractivity (Wildman–Crippen MR) is 378 cm³/mol. The molecule has 0 unspecified atom stereocenters. The third kappa shape index (κ3) is 19.5. The van der Waals surface area contributed by atoms with Gasteiger partial charge in [0.1, 0.15) is 11.5 Å². The molecule has 1 aliphatic heterocycles. The smallest absolute Gasteiger partial charge is 0.379 e. The van der Waals surface area contributed by atoms with Crippen molar-refractivity contribution in [2.24, 2.45) is 0 Å². The maximum atomic E-state index is 13.0. The number of para-hydroxylation sites is 5. The van der Waals surface area contributed by atoms with Gasteiger partial charge in [-0.05, 0) is 147 Å². The lowest BCUT2D eigenvalue weighted by molar-refractivity contribution is -0.862. The number of carbonyl (C=O) groups is 9. The second-order valence-electron chi connectivity index (χ2n) is 23.2. The molecule has 6 heterocycles. The maximum absolute atomic E-state index is 13.0. The summed E-state index contributed by atoms with van der Waals surface area (Å²) >= 11 is 0. The first-order valence-electron chi connectivity index (χ1n) is 33.1. The molecule has 2 aliphatic rings. The second-order valence-corrected chi connectivity index (χ2v) is 23.2. The van der Waals surface area contributed by atoms with Crippen molar-refractivity contribution in [2.45, 2.75) is 85.5 Å². The van der Waals surface area contributed by atoms with Crippen LogP contribution in [0.4, 0.5) is 0 Å². The van der Waals surface area contributed by atoms with E-state index < -0.39 is 47.1 Å². The Morgan fingerprint density at radius 2 is 0.906 bits per heavy atom. The van der Waals surface area contributed by atoms with Crippen LogP contribution in [0.3, 0.4) is 0 Å². The molecule has 0 atom stereocenters. The van der Waals surface area contributed by atoms with Crippen molar-refractivity contribution in [3.05, 3.63) is 223 Å². The number of carbonyl (C=O) groups excluding carboxylic acids is 9. The maximum Gasteiger partial charge on any atom is 0.379 e. The van der Waals surface area contributed by atoms with Crippen LogP contribution in [0.15, 0.2) is 195 Å². The highest BCUT2D eigenvalue weighted by Gasteiger charge is 2.35. The van der Waals surface area contributed by atoms with Gasteiger partial charge >= 0.3 is 17.9 Å². The topological polar surface area (TPSA) is 340 Å². The summed E-state index contributed by atoms with van der Waals surface area (Å²) in [7, 11) is 3.65. The van der Waals surface area contributed by atoms with Gasteiger partial charge in [-0.2, -0.15) is 0 Å². The summed E-state index contributed by atoms with van der Waals surface area (Å²) in [5, 5.41) is 51.4. The molecule has 2 N–H and O–H groups in total. The SMILES string of the molecule is CC(=O)Cn1ccc2ccccc21.CCCCn1cc(C(=O)C(=O)OC)c2ccccc21.CCCCn1cc(C(=O)C(=O)OC)c2ccccc21.COC(=O)C(=O)C1=CCc2ccccc21.O=C1NC(=O)C(n2ccc3ccccc32)=C1c1cn(CCCOOOOOOOOOOOO)c2ccccc12. The number of esters is 3. The minimum absolute atomic E-state index is 0.0558. The molecule has 11 aromatic rings. The number of allylic oxidation sites excluding steroid dienone is 1. The van der Waals surface area contributed by atoms with E-state index >= 15 is 0 Å². The molecule has 0 spiro atoms. The van der Waals surface area contributed by atoms with E-state index in [1.54, 1.807) is 36.2 Å². The van der Waals surface area contributed by atoms with Crippen LogP contribution in [0, 0.1) is 0 Å². The Hall–Kier alpha value is -11.8. The number of unbranched alkanes of at least 4 members (excludes halogenated alkanes) is 2. The number of aryl methyl sites for hydroxylation is 3. The van der Waals surface area contributed by atoms with Crippen molar-refractivity contribution in [1.29, 1.82) is 0 Å². The summed E-state index contributed by atoms with van der Waals surface area (Å²) in [4.78, 5) is 111. The molecule has 2 amide bonds. The fourth-order valence-electron chi connectivity index (χ4n) is 11.8. The molecule has 552 valence electrons. The van der Waals surface area contributed by atoms with E-state index in [1.165, 1.54) is 26.7 Å². The zero-order chi connectivity index (χ0) is 75.5. The number of hydrogen-bond acceptors (Lipinski definition) is 24. The molecule has 6 aromatic carbocycles. The van der Waals surface area contributed by atoms with E-state index in [9.17, 15) is 43.2 Å². The number of ketones is 4. The number of methoxy groups -OCH3 is 3. The Balaban J connectivity index is 0.000000166. The van der Waals surface area contributed by atoms with Crippen LogP contribution in [0.25, 0.3) is 71.4 Å². The Labute approximate surface area is 603 Å². The zero-order valence-corrected chi connectivity index (χ0v) is 58.3. The van der Waals surface area contributed by atoms with Gasteiger partial charge in [-0.25, -0.2) is 24.5 Å². The minimum Gasteiger partial charge on any atom is -0.463 e. The van der Waals surface area contributed by atoms with Crippen LogP contribution in [0.5, 0.6) is 0 Å². The average Bonchev–Trinajstić information content (AvgIpc) is 1.60. The number of amides is 2. The predicted octanol–water partition coefficient (Wildman–Crippen LogP) is 12.0. The van der Waals surface area contributed by atoms with Gasteiger partial charge in [0, 0.05) is 100.0 Å². The fourth-order valence-corrected chi connectivity index (χ4v) is 11.8. The third-order valence-corrected chi connectivity index (χ3v) is 16.6. The van der Waals surface area contributed by atoms with Crippen molar-refractivity contribution in [3.8, 4) is 0 Å². The number of fused-ring (bicyclic) bond motifs is 6. The summed E-state index contributed by atoms with van der Waals surface area (Å²) in [6.07, 6.45) is 16.2. The highest BCUT2D eigenvalue weighted by atomic mass is 18.0. The van der Waals surface area contributed by atoms with Gasteiger partial charge in [-0.1, -0.05) is 148 Å². The number of nitrogens with zero attached hydrogens (tertiary/aromatic N) is 5. The van der Waals surface area contributed by atoms with Gasteiger partial charge in [0.2, 0.25) is 0 Å². The van der Waals surface area contributed by atoms with Gasteiger partial charge < -0.3 is 37.0 Å². The van der Waals surface area contributed by atoms with Crippen molar-refractivity contribution >= 4 is 124 Å². The van der Waals surface area contributed by atoms with Crippen molar-refractivity contribution in [2.75, 3.05) is 27.9 Å². The van der Waals surface area contributed by atoms with E-state index in [0.29, 0.717) is 48.2 Å². The quantitative estimate of drug-likeness (QED) is 0.00617. The number of ether oxygens (including phenoxy) is 3. The van der Waals surface area contributed by atoms with Gasteiger partial charge in [0.05, 0.1) is 56.7 Å². The van der Waals surface area contributed by atoms with Crippen molar-refractivity contribution in [1.82, 2.24) is 28.2 Å². The summed E-state index contributed by atoms with van der Waals surface area (Å²) in [6.45, 7) is 8.50. The standard InChI is InChI=1S/C23H19N3O14.2C15H17NO3.C12H10O3.C11H11NO/c27-22-20(21(23(28)24-22)26-12-10-15-6-1-3-8-18(15)26)17-14-25(19-9-4-2-7-16(17)19)11-5-13-30-32-34-36-38-40-39-37-35-33-31-29;2*1-3-4-9-16-10-12(14(17)15(18)19-2)11-7-5-6-8-13(11)16;1-15-12(14)11(13)10-7-6-8-4-2-3-5-9(8)10;1-9(13)8-12-7-6-10-4-2-3-5-11(10)12/h1-4,6-10,12,14,29H,5,11,13H2,(H,24,27,28);2*5-8,10H,3-4,9H2,1-2H3;2-5,7H,6H2,1H3;2-7H,8H2,1H3. The van der Waals surface area contributed by atoms with Crippen LogP contribution in [0.1, 0.15) is 90.3 Å². The Morgan fingerprint density at radius 3 is 1.46 bits per heavy atom. The monoisotopic (exact) mass is 1450 g/mol. The lowest BCUT2D eigenvalue weighted by atomic mass is 10.0. The van der Waals surface area contributed by atoms with Crippen LogP contribution in [-0.2, 0) is 136 Å². The summed E-state index contributed by atoms with van der Waals surface area (Å²) in [5.74, 6) is -4.96. The summed E-state index contributed by atoms with van der Waals surface area (Å²) in [5.41, 5.74) is 9.08. The molecule has 0 saturated heterocycles. The largest absolute Gasteiger partial charge is 0.463 e. The first kappa shape index (κ1) is 78.4. The third-order valence-electron chi connectivity index (χ3n) is 16.6. The van der Waals surface area contributed by atoms with Crippen LogP contribution in [-0.4, -0.2) is 109 Å². The number of Topliss-reactive ketones (excluding diaryl/α,β-unsaturated/α-hetero) is 4. The number of benzene rings is 6. The van der Waals surface area contributed by atoms with Crippen LogP contribution < -0.4 is 5.32 Å². The van der Waals surface area contributed by atoms with Crippen LogP contribution >= 0.6 is 0 Å². The number of imide groups is 1. The average molecular weight is 1460 g/mol. The molecular formula is C76H74N6O24. The Bertz CT molecular complexity index is 4900. The van der Waals surface area contributed by atoms with Crippen molar-refractivity contribution in [3.63, 3.8) is 0 Å². The van der Waals surface area contributed by atoms with Gasteiger partial charge in [-0.3, -0.25) is 34.1 Å². The normalized spacial score (nSPS) is 12.1. The molecule has 13 rings (SSSR count). The minimum atomic E-state index is -0.821. The lowest BCUT2D eigenvalue weighted by Crippen LogP contribution is -2.23. The van der Waals surface area contributed by atoms with E-state index in [-0.39, 0.29) is 23.7 Å². The Morgan fingerprint density at radius 1 is 0.453 bits per heavy atom. The van der Waals surface area contributed by atoms with E-state index in [0.717, 1.165) is 99.0 Å². The van der Waals surface area contributed by atoms with E-state index in [2.05, 4.69) is 83.8 Å². The number of rotatable bonds is 30.